The maximum Gasteiger partial charge on any atom is 0.258 e. The molecule has 0 atom stereocenters. The highest BCUT2D eigenvalue weighted by molar-refractivity contribution is 14.1. The number of nitrogens with one attached hydrogen (secondary N) is 1. The number of amides is 2. The molecular formula is C19H19IN2O3. The first kappa shape index (κ1) is 17.7. The van der Waals surface area contributed by atoms with Crippen LogP contribution in [0, 0.1) is 3.57 Å². The molecule has 1 fully saturated rings. The number of halogens is 1. The highest BCUT2D eigenvalue weighted by Crippen LogP contribution is 2.21. The molecule has 0 spiro atoms. The number of nitrogens with zero attached hydrogens (tertiary/aromatic N) is 1. The summed E-state index contributed by atoms with van der Waals surface area (Å²) in [6, 6.07) is 15.3. The number of anilines is 1. The molecule has 1 saturated heterocycles. The standard InChI is InChI=1S/C19H19IN2O3/c20-15-5-9-17(10-6-15)25-13-18(23)21-12-14-3-7-16(8-4-14)22-11-1-2-19(22)24/h3-10H,1-2,11-13H2,(H,21,23). The van der Waals surface area contributed by atoms with Gasteiger partial charge < -0.3 is 15.0 Å². The third kappa shape index (κ3) is 4.94. The van der Waals surface area contributed by atoms with Gasteiger partial charge in [0, 0.05) is 28.8 Å². The Morgan fingerprint density at radius 3 is 2.48 bits per heavy atom. The Bertz CT molecular complexity index is 744. The largest absolute Gasteiger partial charge is 0.484 e. The predicted octanol–water partition coefficient (Wildman–Crippen LogP) is 3.11. The molecule has 1 heterocycles. The van der Waals surface area contributed by atoms with E-state index in [0.29, 0.717) is 18.7 Å². The number of rotatable bonds is 6. The summed E-state index contributed by atoms with van der Waals surface area (Å²) in [6.07, 6.45) is 1.54. The SMILES string of the molecule is O=C(COc1ccc(I)cc1)NCc1ccc(N2CCCC2=O)cc1. The van der Waals surface area contributed by atoms with Crippen LogP contribution in [0.3, 0.4) is 0 Å². The van der Waals surface area contributed by atoms with E-state index in [-0.39, 0.29) is 18.4 Å². The summed E-state index contributed by atoms with van der Waals surface area (Å²) in [5.41, 5.74) is 1.90. The van der Waals surface area contributed by atoms with Gasteiger partial charge in [0.15, 0.2) is 6.61 Å². The first-order chi connectivity index (χ1) is 12.1. The van der Waals surface area contributed by atoms with Crippen LogP contribution in [0.5, 0.6) is 5.75 Å². The molecule has 130 valence electrons. The van der Waals surface area contributed by atoms with E-state index in [1.54, 1.807) is 4.90 Å². The smallest absolute Gasteiger partial charge is 0.258 e. The quantitative estimate of drug-likeness (QED) is 0.689. The van der Waals surface area contributed by atoms with Crippen LogP contribution in [0.1, 0.15) is 18.4 Å². The summed E-state index contributed by atoms with van der Waals surface area (Å²) in [7, 11) is 0. The van der Waals surface area contributed by atoms with Gasteiger partial charge in [-0.25, -0.2) is 0 Å². The van der Waals surface area contributed by atoms with Crippen LogP contribution in [0.2, 0.25) is 0 Å². The van der Waals surface area contributed by atoms with Crippen LogP contribution < -0.4 is 15.0 Å². The Morgan fingerprint density at radius 1 is 1.12 bits per heavy atom. The first-order valence-corrected chi connectivity index (χ1v) is 9.24. The Kier molecular flexibility index (Phi) is 5.91. The molecule has 0 saturated carbocycles. The molecular weight excluding hydrogens is 431 g/mol. The zero-order valence-corrected chi connectivity index (χ0v) is 15.9. The monoisotopic (exact) mass is 450 g/mol. The number of hydrogen-bond acceptors (Lipinski definition) is 3. The van der Waals surface area contributed by atoms with Crippen molar-refractivity contribution in [2.45, 2.75) is 19.4 Å². The van der Waals surface area contributed by atoms with Gasteiger partial charge in [-0.15, -0.1) is 0 Å². The van der Waals surface area contributed by atoms with Crippen molar-refractivity contribution in [3.05, 3.63) is 57.7 Å². The lowest BCUT2D eigenvalue weighted by Gasteiger charge is -2.16. The predicted molar refractivity (Wildman–Crippen MR) is 105 cm³/mol. The minimum Gasteiger partial charge on any atom is -0.484 e. The number of hydrogen-bond donors (Lipinski definition) is 1. The van der Waals surface area contributed by atoms with Gasteiger partial charge in [0.25, 0.3) is 5.91 Å². The molecule has 0 bridgehead atoms. The Labute approximate surface area is 160 Å². The summed E-state index contributed by atoms with van der Waals surface area (Å²) in [6.45, 7) is 1.20. The maximum atomic E-state index is 11.9. The maximum absolute atomic E-state index is 11.9. The van der Waals surface area contributed by atoms with E-state index in [0.717, 1.165) is 27.8 Å². The van der Waals surface area contributed by atoms with Gasteiger partial charge in [0.05, 0.1) is 0 Å². The number of ether oxygens (including phenoxy) is 1. The lowest BCUT2D eigenvalue weighted by atomic mass is 10.2. The topological polar surface area (TPSA) is 58.6 Å². The van der Waals surface area contributed by atoms with Crippen LogP contribution in [-0.2, 0) is 16.1 Å². The molecule has 0 unspecified atom stereocenters. The van der Waals surface area contributed by atoms with Crippen LogP contribution in [0.15, 0.2) is 48.5 Å². The minimum atomic E-state index is -0.169. The highest BCUT2D eigenvalue weighted by atomic mass is 127. The van der Waals surface area contributed by atoms with E-state index >= 15 is 0 Å². The van der Waals surface area contributed by atoms with Crippen molar-refractivity contribution in [3.8, 4) is 5.75 Å². The number of benzene rings is 2. The van der Waals surface area contributed by atoms with Gasteiger partial charge in [0.1, 0.15) is 5.75 Å². The molecule has 1 aliphatic heterocycles. The van der Waals surface area contributed by atoms with E-state index < -0.39 is 0 Å². The lowest BCUT2D eigenvalue weighted by molar-refractivity contribution is -0.123. The van der Waals surface area contributed by atoms with Gasteiger partial charge in [-0.1, -0.05) is 12.1 Å². The molecule has 0 radical (unpaired) electrons. The van der Waals surface area contributed by atoms with Gasteiger partial charge in [-0.3, -0.25) is 9.59 Å². The second-order valence-electron chi connectivity index (χ2n) is 5.83. The fraction of sp³-hybridized carbons (Fsp3) is 0.263. The van der Waals surface area contributed by atoms with E-state index in [2.05, 4.69) is 27.9 Å². The van der Waals surface area contributed by atoms with Gasteiger partial charge >= 0.3 is 0 Å². The van der Waals surface area contributed by atoms with Crippen molar-refractivity contribution in [2.24, 2.45) is 0 Å². The van der Waals surface area contributed by atoms with Crippen LogP contribution in [0.25, 0.3) is 0 Å². The summed E-state index contributed by atoms with van der Waals surface area (Å²) in [4.78, 5) is 25.4. The van der Waals surface area contributed by atoms with Gasteiger partial charge in [0.2, 0.25) is 5.91 Å². The molecule has 6 heteroatoms. The molecule has 1 N–H and O–H groups in total. The van der Waals surface area contributed by atoms with Crippen molar-refractivity contribution in [2.75, 3.05) is 18.1 Å². The summed E-state index contributed by atoms with van der Waals surface area (Å²) >= 11 is 2.22. The molecule has 1 aliphatic rings. The second kappa shape index (κ2) is 8.33. The average molecular weight is 450 g/mol. The number of carbonyl (C=O) groups is 2. The second-order valence-corrected chi connectivity index (χ2v) is 7.08. The van der Waals surface area contributed by atoms with Crippen molar-refractivity contribution < 1.29 is 14.3 Å². The third-order valence-corrected chi connectivity index (χ3v) is 4.71. The minimum absolute atomic E-state index is 0.0129. The molecule has 3 rings (SSSR count). The van der Waals surface area contributed by atoms with Crippen LogP contribution in [0.4, 0.5) is 5.69 Å². The average Bonchev–Trinajstić information content (AvgIpc) is 3.06. The molecule has 2 amide bonds. The summed E-state index contributed by atoms with van der Waals surface area (Å²) < 4.78 is 6.57. The van der Waals surface area contributed by atoms with E-state index in [1.165, 1.54) is 0 Å². The Morgan fingerprint density at radius 2 is 1.84 bits per heavy atom. The summed E-state index contributed by atoms with van der Waals surface area (Å²) in [5.74, 6) is 0.682. The Hall–Kier alpha value is -2.09. The zero-order valence-electron chi connectivity index (χ0n) is 13.7. The van der Waals surface area contributed by atoms with Crippen molar-refractivity contribution >= 4 is 40.1 Å². The molecule has 25 heavy (non-hydrogen) atoms. The molecule has 2 aromatic carbocycles. The van der Waals surface area contributed by atoms with Gasteiger partial charge in [-0.2, -0.15) is 0 Å². The summed E-state index contributed by atoms with van der Waals surface area (Å²) in [5, 5.41) is 2.83. The van der Waals surface area contributed by atoms with Gasteiger partial charge in [-0.05, 0) is 71.0 Å². The highest BCUT2D eigenvalue weighted by Gasteiger charge is 2.21. The molecule has 0 aromatic heterocycles. The Balaban J connectivity index is 1.45. The fourth-order valence-electron chi connectivity index (χ4n) is 2.65. The van der Waals surface area contributed by atoms with E-state index in [9.17, 15) is 9.59 Å². The molecule has 2 aromatic rings. The van der Waals surface area contributed by atoms with Crippen molar-refractivity contribution in [3.63, 3.8) is 0 Å². The lowest BCUT2D eigenvalue weighted by Crippen LogP contribution is -2.28. The van der Waals surface area contributed by atoms with E-state index in [1.807, 2.05) is 48.5 Å². The van der Waals surface area contributed by atoms with Crippen molar-refractivity contribution in [1.29, 1.82) is 0 Å². The van der Waals surface area contributed by atoms with Crippen molar-refractivity contribution in [1.82, 2.24) is 5.32 Å². The third-order valence-electron chi connectivity index (χ3n) is 3.99. The molecule has 5 nitrogen and oxygen atoms in total. The van der Waals surface area contributed by atoms with Crippen LogP contribution >= 0.6 is 22.6 Å². The van der Waals surface area contributed by atoms with E-state index in [4.69, 9.17) is 4.74 Å². The fourth-order valence-corrected chi connectivity index (χ4v) is 3.01. The zero-order chi connectivity index (χ0) is 17.6. The van der Waals surface area contributed by atoms with Crippen LogP contribution in [-0.4, -0.2) is 25.0 Å². The number of carbonyl (C=O) groups excluding carboxylic acids is 2. The normalized spacial score (nSPS) is 13.8. The first-order valence-electron chi connectivity index (χ1n) is 8.16. The molecule has 0 aliphatic carbocycles.